The molecule has 1 fully saturated rings. The van der Waals surface area contributed by atoms with Gasteiger partial charge in [0.1, 0.15) is 0 Å². The van der Waals surface area contributed by atoms with Gasteiger partial charge in [0.05, 0.1) is 0 Å². The fraction of sp³-hybridized carbons (Fsp3) is 0.647. The zero-order valence-corrected chi connectivity index (χ0v) is 13.7. The van der Waals surface area contributed by atoms with Crippen LogP contribution in [-0.2, 0) is 0 Å². The molecule has 0 amide bonds. The van der Waals surface area contributed by atoms with Crippen molar-refractivity contribution in [1.29, 1.82) is 0 Å². The van der Waals surface area contributed by atoms with Crippen LogP contribution in [0.15, 0.2) is 24.3 Å². The van der Waals surface area contributed by atoms with Crippen molar-refractivity contribution in [1.82, 2.24) is 10.2 Å². The molecule has 1 aliphatic heterocycles. The number of likely N-dealkylation sites (tertiary alicyclic amines) is 1. The number of nitrogens with one attached hydrogen (secondary N) is 1. The lowest BCUT2D eigenvalue weighted by atomic mass is 10.0. The monoisotopic (exact) mass is 294 g/mol. The van der Waals surface area contributed by atoms with Crippen molar-refractivity contribution in [3.8, 4) is 0 Å². The van der Waals surface area contributed by atoms with Crippen LogP contribution in [0.25, 0.3) is 0 Å². The normalized spacial score (nSPS) is 19.4. The Morgan fingerprint density at radius 2 is 1.95 bits per heavy atom. The molecule has 0 spiro atoms. The van der Waals surface area contributed by atoms with E-state index < -0.39 is 0 Å². The highest BCUT2D eigenvalue weighted by Gasteiger charge is 2.21. The van der Waals surface area contributed by atoms with E-state index in [1.165, 1.54) is 38.0 Å². The summed E-state index contributed by atoms with van der Waals surface area (Å²) in [4.78, 5) is 2.59. The first-order valence-electron chi connectivity index (χ1n) is 7.78. The molecule has 1 saturated heterocycles. The van der Waals surface area contributed by atoms with E-state index in [2.05, 4.69) is 43.1 Å². The van der Waals surface area contributed by atoms with E-state index >= 15 is 0 Å². The molecule has 1 atom stereocenters. The molecule has 0 aliphatic carbocycles. The summed E-state index contributed by atoms with van der Waals surface area (Å²) in [5, 5.41) is 4.57. The first-order valence-corrected chi connectivity index (χ1v) is 8.16. The molecule has 3 heteroatoms. The highest BCUT2D eigenvalue weighted by atomic mass is 35.5. The molecule has 2 rings (SSSR count). The van der Waals surface area contributed by atoms with E-state index in [1.807, 2.05) is 12.1 Å². The van der Waals surface area contributed by atoms with Crippen LogP contribution in [-0.4, -0.2) is 30.6 Å². The predicted octanol–water partition coefficient (Wildman–Crippen LogP) is 4.11. The molecule has 1 aliphatic rings. The van der Waals surface area contributed by atoms with Gasteiger partial charge in [0.25, 0.3) is 0 Å². The van der Waals surface area contributed by atoms with Crippen molar-refractivity contribution in [3.05, 3.63) is 34.9 Å². The van der Waals surface area contributed by atoms with E-state index in [0.717, 1.165) is 10.9 Å². The topological polar surface area (TPSA) is 15.3 Å². The second kappa shape index (κ2) is 7.44. The largest absolute Gasteiger partial charge is 0.307 e. The number of hydrogen-bond donors (Lipinski definition) is 1. The molecule has 112 valence electrons. The van der Waals surface area contributed by atoms with Gasteiger partial charge in [-0.2, -0.15) is 0 Å². The molecule has 0 unspecified atom stereocenters. The van der Waals surface area contributed by atoms with Crippen LogP contribution in [0.1, 0.15) is 45.2 Å². The lowest BCUT2D eigenvalue weighted by Crippen LogP contribution is -2.44. The molecular formula is C17H27ClN2. The van der Waals surface area contributed by atoms with Gasteiger partial charge in [-0.1, -0.05) is 37.6 Å². The summed E-state index contributed by atoms with van der Waals surface area (Å²) in [7, 11) is 0. The van der Waals surface area contributed by atoms with Crippen molar-refractivity contribution in [2.45, 2.75) is 45.7 Å². The maximum absolute atomic E-state index is 6.06. The molecule has 0 aromatic heterocycles. The molecule has 0 radical (unpaired) electrons. The third kappa shape index (κ3) is 4.76. The summed E-state index contributed by atoms with van der Waals surface area (Å²) < 4.78 is 0. The first-order chi connectivity index (χ1) is 9.54. The smallest absolute Gasteiger partial charge is 0.0409 e. The minimum atomic E-state index is 0.371. The molecular weight excluding hydrogens is 268 g/mol. The number of piperidine rings is 1. The summed E-state index contributed by atoms with van der Waals surface area (Å²) >= 11 is 6.06. The van der Waals surface area contributed by atoms with Crippen LogP contribution >= 0.6 is 11.6 Å². The van der Waals surface area contributed by atoms with Gasteiger partial charge in [-0.3, -0.25) is 0 Å². The fourth-order valence-corrected chi connectivity index (χ4v) is 3.22. The second-order valence-corrected chi connectivity index (χ2v) is 6.85. The Morgan fingerprint density at radius 3 is 2.55 bits per heavy atom. The average molecular weight is 295 g/mol. The van der Waals surface area contributed by atoms with E-state index in [0.29, 0.717) is 12.1 Å². The SMILES string of the molecule is CC(C)CN1CCC(N[C@H](C)c2cccc(Cl)c2)CC1. The maximum atomic E-state index is 6.06. The van der Waals surface area contributed by atoms with E-state index in [-0.39, 0.29) is 0 Å². The molecule has 0 saturated carbocycles. The predicted molar refractivity (Wildman–Crippen MR) is 87.3 cm³/mol. The van der Waals surface area contributed by atoms with Crippen molar-refractivity contribution in [3.63, 3.8) is 0 Å². The highest BCUT2D eigenvalue weighted by molar-refractivity contribution is 6.30. The van der Waals surface area contributed by atoms with Gasteiger partial charge < -0.3 is 10.2 Å². The van der Waals surface area contributed by atoms with E-state index in [1.54, 1.807) is 0 Å². The summed E-state index contributed by atoms with van der Waals surface area (Å²) in [6, 6.07) is 9.18. The minimum Gasteiger partial charge on any atom is -0.307 e. The Bertz CT molecular complexity index is 411. The third-order valence-corrected chi connectivity index (χ3v) is 4.28. The van der Waals surface area contributed by atoms with E-state index in [9.17, 15) is 0 Å². The average Bonchev–Trinajstić information content (AvgIpc) is 2.40. The van der Waals surface area contributed by atoms with Gasteiger partial charge >= 0.3 is 0 Å². The van der Waals surface area contributed by atoms with Gasteiger partial charge in [0.15, 0.2) is 0 Å². The van der Waals surface area contributed by atoms with Crippen LogP contribution in [0, 0.1) is 5.92 Å². The summed E-state index contributed by atoms with van der Waals surface area (Å²) in [6.07, 6.45) is 2.50. The van der Waals surface area contributed by atoms with Gasteiger partial charge in [0, 0.05) is 23.7 Å². The Labute approximate surface area is 128 Å². The zero-order valence-electron chi connectivity index (χ0n) is 12.9. The Morgan fingerprint density at radius 1 is 1.25 bits per heavy atom. The van der Waals surface area contributed by atoms with Crippen LogP contribution in [0.5, 0.6) is 0 Å². The number of rotatable bonds is 5. The Hall–Kier alpha value is -0.570. The van der Waals surface area contributed by atoms with Crippen LogP contribution in [0.4, 0.5) is 0 Å². The summed E-state index contributed by atoms with van der Waals surface area (Å²) in [5.74, 6) is 0.768. The minimum absolute atomic E-state index is 0.371. The maximum Gasteiger partial charge on any atom is 0.0409 e. The van der Waals surface area contributed by atoms with Crippen molar-refractivity contribution in [2.24, 2.45) is 5.92 Å². The molecule has 0 bridgehead atoms. The van der Waals surface area contributed by atoms with Crippen LogP contribution in [0.2, 0.25) is 5.02 Å². The highest BCUT2D eigenvalue weighted by Crippen LogP contribution is 2.20. The summed E-state index contributed by atoms with van der Waals surface area (Å²) in [6.45, 7) is 10.5. The number of benzene rings is 1. The molecule has 1 N–H and O–H groups in total. The number of hydrogen-bond acceptors (Lipinski definition) is 2. The van der Waals surface area contributed by atoms with E-state index in [4.69, 9.17) is 11.6 Å². The first kappa shape index (κ1) is 15.8. The third-order valence-electron chi connectivity index (χ3n) is 4.05. The van der Waals surface area contributed by atoms with Gasteiger partial charge in [-0.25, -0.2) is 0 Å². The second-order valence-electron chi connectivity index (χ2n) is 6.41. The zero-order chi connectivity index (χ0) is 14.5. The van der Waals surface area contributed by atoms with Gasteiger partial charge in [-0.15, -0.1) is 0 Å². The summed E-state index contributed by atoms with van der Waals surface area (Å²) in [5.41, 5.74) is 1.28. The molecule has 1 aromatic carbocycles. The molecule has 1 aromatic rings. The number of halogens is 1. The van der Waals surface area contributed by atoms with Crippen molar-refractivity contribution >= 4 is 11.6 Å². The lowest BCUT2D eigenvalue weighted by molar-refractivity contribution is 0.175. The standard InChI is InChI=1S/C17H27ClN2/c1-13(2)12-20-9-7-17(8-10-20)19-14(3)15-5-4-6-16(18)11-15/h4-6,11,13-14,17,19H,7-10,12H2,1-3H3/t14-/m1/s1. The Balaban J connectivity index is 1.80. The molecule has 2 nitrogen and oxygen atoms in total. The van der Waals surface area contributed by atoms with Crippen LogP contribution < -0.4 is 5.32 Å². The van der Waals surface area contributed by atoms with Gasteiger partial charge in [0.2, 0.25) is 0 Å². The molecule has 1 heterocycles. The van der Waals surface area contributed by atoms with Gasteiger partial charge in [-0.05, 0) is 56.5 Å². The fourth-order valence-electron chi connectivity index (χ4n) is 3.02. The van der Waals surface area contributed by atoms with Crippen LogP contribution in [0.3, 0.4) is 0 Å². The van der Waals surface area contributed by atoms with Crippen molar-refractivity contribution < 1.29 is 0 Å². The quantitative estimate of drug-likeness (QED) is 0.879. The van der Waals surface area contributed by atoms with Crippen molar-refractivity contribution in [2.75, 3.05) is 19.6 Å². The Kier molecular flexibility index (Phi) is 5.88. The number of nitrogens with zero attached hydrogens (tertiary/aromatic N) is 1. The molecule has 20 heavy (non-hydrogen) atoms. The lowest BCUT2D eigenvalue weighted by Gasteiger charge is -2.34.